The smallest absolute Gasteiger partial charge is 0.340 e. The largest absolute Gasteiger partial charge is 0.452 e. The van der Waals surface area contributed by atoms with Gasteiger partial charge in [-0.15, -0.1) is 0 Å². The van der Waals surface area contributed by atoms with Crippen LogP contribution in [0.2, 0.25) is 10.0 Å². The van der Waals surface area contributed by atoms with E-state index in [0.717, 1.165) is 0 Å². The van der Waals surface area contributed by atoms with Crippen molar-refractivity contribution in [3.05, 3.63) is 27.7 Å². The van der Waals surface area contributed by atoms with Gasteiger partial charge in [-0.25, -0.2) is 13.2 Å². The number of halogens is 2. The lowest BCUT2D eigenvalue weighted by Crippen LogP contribution is -2.40. The molecule has 7 nitrogen and oxygen atoms in total. The number of hydrogen-bond acceptors (Lipinski definition) is 6. The maximum absolute atomic E-state index is 12.1. The van der Waals surface area contributed by atoms with Crippen molar-refractivity contribution in [2.45, 2.75) is 12.5 Å². The fourth-order valence-electron chi connectivity index (χ4n) is 2.34. The minimum Gasteiger partial charge on any atom is -0.452 e. The van der Waals surface area contributed by atoms with Crippen LogP contribution in [0.15, 0.2) is 12.1 Å². The zero-order chi connectivity index (χ0) is 18.1. The molecule has 24 heavy (non-hydrogen) atoms. The monoisotopic (exact) mass is 394 g/mol. The number of carbonyl (C=O) groups excluding carboxylic acids is 2. The number of likely N-dealkylation sites (N-methyl/N-ethyl adjacent to an activating group) is 1. The number of amides is 1. The van der Waals surface area contributed by atoms with Gasteiger partial charge in [0, 0.05) is 18.1 Å². The SMILES string of the molecule is CN(C(=O)COC(=O)c1cc(Cl)cc(Cl)c1N)C1CCS(=O)(=O)C1. The fraction of sp³-hybridized carbons (Fsp3) is 0.429. The van der Waals surface area contributed by atoms with Gasteiger partial charge in [0.25, 0.3) is 5.91 Å². The van der Waals surface area contributed by atoms with E-state index < -0.39 is 34.4 Å². The molecule has 10 heteroatoms. The van der Waals surface area contributed by atoms with Crippen LogP contribution in [0.25, 0.3) is 0 Å². The molecule has 2 rings (SSSR count). The number of ether oxygens (including phenoxy) is 1. The van der Waals surface area contributed by atoms with Gasteiger partial charge in [0.2, 0.25) is 0 Å². The molecule has 1 amide bonds. The van der Waals surface area contributed by atoms with Crippen molar-refractivity contribution in [1.82, 2.24) is 4.90 Å². The summed E-state index contributed by atoms with van der Waals surface area (Å²) in [6, 6.07) is 2.27. The molecule has 2 N–H and O–H groups in total. The van der Waals surface area contributed by atoms with Crippen molar-refractivity contribution in [3.8, 4) is 0 Å². The van der Waals surface area contributed by atoms with Gasteiger partial charge in [-0.05, 0) is 18.6 Å². The average molecular weight is 395 g/mol. The molecule has 0 bridgehead atoms. The molecule has 1 fully saturated rings. The Morgan fingerprint density at radius 2 is 2.04 bits per heavy atom. The summed E-state index contributed by atoms with van der Waals surface area (Å²) < 4.78 is 27.9. The summed E-state index contributed by atoms with van der Waals surface area (Å²) in [4.78, 5) is 25.4. The molecule has 1 saturated heterocycles. The number of nitrogens with zero attached hydrogens (tertiary/aromatic N) is 1. The molecule has 1 unspecified atom stereocenters. The van der Waals surface area contributed by atoms with Crippen molar-refractivity contribution >= 4 is 50.6 Å². The fourth-order valence-corrected chi connectivity index (χ4v) is 4.61. The van der Waals surface area contributed by atoms with Crippen molar-refractivity contribution in [1.29, 1.82) is 0 Å². The second kappa shape index (κ2) is 7.16. The number of esters is 1. The number of sulfone groups is 1. The molecule has 0 aliphatic carbocycles. The lowest BCUT2D eigenvalue weighted by Gasteiger charge is -2.23. The zero-order valence-corrected chi connectivity index (χ0v) is 15.1. The quantitative estimate of drug-likeness (QED) is 0.610. The van der Waals surface area contributed by atoms with E-state index in [0.29, 0.717) is 6.42 Å². The summed E-state index contributed by atoms with van der Waals surface area (Å²) in [5, 5.41) is 0.315. The molecular formula is C14H16Cl2N2O5S. The summed E-state index contributed by atoms with van der Waals surface area (Å²) >= 11 is 11.7. The van der Waals surface area contributed by atoms with Crippen LogP contribution in [-0.4, -0.2) is 56.4 Å². The second-order valence-electron chi connectivity index (χ2n) is 5.49. The van der Waals surface area contributed by atoms with Crippen LogP contribution < -0.4 is 5.73 Å². The normalized spacial score (nSPS) is 19.0. The average Bonchev–Trinajstić information content (AvgIpc) is 2.87. The van der Waals surface area contributed by atoms with E-state index in [2.05, 4.69) is 0 Å². The van der Waals surface area contributed by atoms with Crippen LogP contribution in [0.3, 0.4) is 0 Å². The molecule has 0 saturated carbocycles. The van der Waals surface area contributed by atoms with Crippen molar-refractivity contribution in [3.63, 3.8) is 0 Å². The Kier molecular flexibility index (Phi) is 5.62. The van der Waals surface area contributed by atoms with Gasteiger partial charge in [0.05, 0.1) is 27.8 Å². The molecule has 1 heterocycles. The lowest BCUT2D eigenvalue weighted by molar-refractivity contribution is -0.134. The number of rotatable bonds is 4. The maximum Gasteiger partial charge on any atom is 0.340 e. The number of benzene rings is 1. The summed E-state index contributed by atoms with van der Waals surface area (Å²) in [7, 11) is -1.63. The van der Waals surface area contributed by atoms with Crippen molar-refractivity contribution in [2.75, 3.05) is 30.9 Å². The van der Waals surface area contributed by atoms with Gasteiger partial charge >= 0.3 is 5.97 Å². The van der Waals surface area contributed by atoms with Crippen molar-refractivity contribution < 1.29 is 22.7 Å². The number of anilines is 1. The van der Waals surface area contributed by atoms with E-state index in [1.54, 1.807) is 0 Å². The standard InChI is InChI=1S/C14H16Cl2N2O5S/c1-18(9-2-3-24(21,22)7-9)12(19)6-23-14(20)10-4-8(15)5-11(16)13(10)17/h4-5,9H,2-3,6-7,17H2,1H3. The molecule has 0 spiro atoms. The van der Waals surface area contributed by atoms with Gasteiger partial charge in [0.15, 0.2) is 16.4 Å². The van der Waals surface area contributed by atoms with Gasteiger partial charge in [-0.2, -0.15) is 0 Å². The summed E-state index contributed by atoms with van der Waals surface area (Å²) in [6.07, 6.45) is 0.370. The van der Waals surface area contributed by atoms with Crippen molar-refractivity contribution in [2.24, 2.45) is 0 Å². The van der Waals surface area contributed by atoms with Crippen LogP contribution in [0.5, 0.6) is 0 Å². The van der Waals surface area contributed by atoms with Crippen LogP contribution in [-0.2, 0) is 19.4 Å². The second-order valence-corrected chi connectivity index (χ2v) is 8.56. The van der Waals surface area contributed by atoms with E-state index in [4.69, 9.17) is 33.7 Å². The van der Waals surface area contributed by atoms with Crippen LogP contribution >= 0.6 is 23.2 Å². The highest BCUT2D eigenvalue weighted by molar-refractivity contribution is 7.91. The van der Waals surface area contributed by atoms with Gasteiger partial charge in [-0.3, -0.25) is 4.79 Å². The Bertz CT molecular complexity index is 782. The minimum atomic E-state index is -3.11. The Balaban J connectivity index is 1.98. The molecule has 1 aliphatic heterocycles. The highest BCUT2D eigenvalue weighted by Crippen LogP contribution is 2.28. The summed E-state index contributed by atoms with van der Waals surface area (Å²) in [5.41, 5.74) is 5.67. The number of nitrogen functional groups attached to an aromatic ring is 1. The predicted molar refractivity (Wildman–Crippen MR) is 91.0 cm³/mol. The van der Waals surface area contributed by atoms with Crippen LogP contribution in [0.4, 0.5) is 5.69 Å². The topological polar surface area (TPSA) is 107 Å². The zero-order valence-electron chi connectivity index (χ0n) is 12.8. The Hall–Kier alpha value is -1.51. The first-order chi connectivity index (χ1) is 11.1. The third-order valence-corrected chi connectivity index (χ3v) is 6.07. The molecule has 0 aromatic heterocycles. The first kappa shape index (κ1) is 18.8. The van der Waals surface area contributed by atoms with Gasteiger partial charge < -0.3 is 15.4 Å². The Labute approximate surface area is 149 Å². The number of nitrogens with two attached hydrogens (primary N) is 1. The predicted octanol–water partition coefficient (Wildman–Crippen LogP) is 1.38. The summed E-state index contributed by atoms with van der Waals surface area (Å²) in [5.74, 6) is -1.37. The Morgan fingerprint density at radius 3 is 2.62 bits per heavy atom. The molecule has 132 valence electrons. The van der Waals surface area contributed by atoms with Gasteiger partial charge in [-0.1, -0.05) is 23.2 Å². The third kappa shape index (κ3) is 4.31. The minimum absolute atomic E-state index is 0.00811. The molecule has 1 atom stereocenters. The highest BCUT2D eigenvalue weighted by Gasteiger charge is 2.33. The Morgan fingerprint density at radius 1 is 1.38 bits per heavy atom. The number of carbonyl (C=O) groups is 2. The van der Waals surface area contributed by atoms with E-state index in [1.807, 2.05) is 0 Å². The molecule has 0 radical (unpaired) electrons. The lowest BCUT2D eigenvalue weighted by atomic mass is 10.2. The maximum atomic E-state index is 12.1. The van der Waals surface area contributed by atoms with E-state index in [1.165, 1.54) is 24.1 Å². The van der Waals surface area contributed by atoms with E-state index in [9.17, 15) is 18.0 Å². The van der Waals surface area contributed by atoms with E-state index in [-0.39, 0.29) is 32.8 Å². The number of hydrogen-bond donors (Lipinski definition) is 1. The van der Waals surface area contributed by atoms with Crippen LogP contribution in [0.1, 0.15) is 16.8 Å². The summed E-state index contributed by atoms with van der Waals surface area (Å²) in [6.45, 7) is -0.532. The highest BCUT2D eigenvalue weighted by atomic mass is 35.5. The molecule has 1 aromatic carbocycles. The van der Waals surface area contributed by atoms with Gasteiger partial charge in [0.1, 0.15) is 0 Å². The first-order valence-electron chi connectivity index (χ1n) is 6.98. The van der Waals surface area contributed by atoms with E-state index >= 15 is 0 Å². The molecule has 1 aromatic rings. The molecular weight excluding hydrogens is 379 g/mol. The van der Waals surface area contributed by atoms with Crippen LogP contribution in [0, 0.1) is 0 Å². The molecule has 1 aliphatic rings. The first-order valence-corrected chi connectivity index (χ1v) is 9.56. The third-order valence-electron chi connectivity index (χ3n) is 3.79.